The third kappa shape index (κ3) is 5.48. The van der Waals surface area contributed by atoms with Gasteiger partial charge in [0.05, 0.1) is 6.04 Å². The smallest absolute Gasteiger partial charge is 0.135 e. The van der Waals surface area contributed by atoms with Gasteiger partial charge in [0, 0.05) is 90.6 Å². The van der Waals surface area contributed by atoms with Gasteiger partial charge in [0.15, 0.2) is 0 Å². The fourth-order valence-corrected chi connectivity index (χ4v) is 13.1. The average Bonchev–Trinajstić information content (AvgIpc) is 4.12. The number of furan rings is 1. The minimum Gasteiger partial charge on any atom is -0.456 e. The summed E-state index contributed by atoms with van der Waals surface area (Å²) in [6.45, 7) is 0. The van der Waals surface area contributed by atoms with Gasteiger partial charge in [0.1, 0.15) is 29.5 Å². The number of thiophene rings is 2. The van der Waals surface area contributed by atoms with E-state index in [0.717, 1.165) is 29.2 Å². The molecule has 3 unspecified atom stereocenters. The standard InChI is InChI=1S/C57H38N4OS2/c1-2-13-33(14-3-1)55-58-56(60-57(59-55)43-21-10-19-40-39-17-6-9-25-49(39)64-54(40)43)42-20-12-26-50-53(42)41-29-27-34(31-51(41)63-50)36-18-11-24-48-52(36)44-32-35(28-30-47(44)62-48)61-45-22-7-4-15-37(45)38-16-5-8-23-46(38)61/h1-31,35,56-57,60H,32H2,(H,58,59). The van der Waals surface area contributed by atoms with Crippen molar-refractivity contribution in [3.8, 4) is 11.1 Å². The molecule has 1 aliphatic heterocycles. The first-order valence-electron chi connectivity index (χ1n) is 21.9. The molecule has 2 N–H and O–H groups in total. The molecule has 0 bridgehead atoms. The molecule has 4 aromatic heterocycles. The molecular formula is C57H38N4OS2. The van der Waals surface area contributed by atoms with Crippen LogP contribution < -0.4 is 10.6 Å². The molecule has 1 aliphatic carbocycles. The molecule has 0 radical (unpaired) electrons. The Balaban J connectivity index is 0.866. The number of fused-ring (bicyclic) bond motifs is 12. The molecule has 0 saturated heterocycles. The van der Waals surface area contributed by atoms with Gasteiger partial charge in [0.2, 0.25) is 0 Å². The Labute approximate surface area is 376 Å². The number of hydrogen-bond donors (Lipinski definition) is 2. The molecule has 3 atom stereocenters. The lowest BCUT2D eigenvalue weighted by Crippen LogP contribution is -2.45. The van der Waals surface area contributed by atoms with E-state index in [1.807, 2.05) is 22.7 Å². The lowest BCUT2D eigenvalue weighted by molar-refractivity contribution is 0.413. The quantitative estimate of drug-likeness (QED) is 0.181. The number of amidine groups is 1. The Morgan fingerprint density at radius 3 is 2.14 bits per heavy atom. The van der Waals surface area contributed by atoms with Gasteiger partial charge in [-0.3, -0.25) is 5.32 Å². The third-order valence-electron chi connectivity index (χ3n) is 13.5. The average molecular weight is 859 g/mol. The van der Waals surface area contributed by atoms with E-state index in [4.69, 9.17) is 9.41 Å². The summed E-state index contributed by atoms with van der Waals surface area (Å²) in [7, 11) is 0. The van der Waals surface area contributed by atoms with Gasteiger partial charge in [-0.15, -0.1) is 22.7 Å². The first-order chi connectivity index (χ1) is 31.7. The molecule has 0 spiro atoms. The number of para-hydroxylation sites is 2. The minimum atomic E-state index is -0.254. The second-order valence-electron chi connectivity index (χ2n) is 17.0. The molecule has 5 heterocycles. The van der Waals surface area contributed by atoms with Gasteiger partial charge in [-0.2, -0.15) is 0 Å². The predicted molar refractivity (Wildman–Crippen MR) is 270 cm³/mol. The Hall–Kier alpha value is -7.29. The second-order valence-corrected chi connectivity index (χ2v) is 19.1. The highest BCUT2D eigenvalue weighted by atomic mass is 32.1. The van der Waals surface area contributed by atoms with Crippen molar-refractivity contribution in [1.82, 2.24) is 15.2 Å². The summed E-state index contributed by atoms with van der Waals surface area (Å²) in [6, 6.07) is 63.9. The largest absolute Gasteiger partial charge is 0.456 e. The molecule has 5 nitrogen and oxygen atoms in total. The molecule has 7 heteroatoms. The van der Waals surface area contributed by atoms with Gasteiger partial charge in [-0.05, 0) is 59.2 Å². The Morgan fingerprint density at radius 2 is 1.28 bits per heavy atom. The number of hydrogen-bond acceptors (Lipinski definition) is 6. The van der Waals surface area contributed by atoms with Crippen molar-refractivity contribution in [1.29, 1.82) is 0 Å². The van der Waals surface area contributed by atoms with E-state index in [9.17, 15) is 0 Å². The van der Waals surface area contributed by atoms with Crippen molar-refractivity contribution in [2.24, 2.45) is 4.99 Å². The van der Waals surface area contributed by atoms with Crippen LogP contribution >= 0.6 is 22.7 Å². The summed E-state index contributed by atoms with van der Waals surface area (Å²) in [4.78, 5) is 5.38. The summed E-state index contributed by atoms with van der Waals surface area (Å²) < 4.78 is 14.2. The highest BCUT2D eigenvalue weighted by Gasteiger charge is 2.30. The maximum atomic E-state index is 6.62. The second kappa shape index (κ2) is 14.1. The lowest BCUT2D eigenvalue weighted by Gasteiger charge is -2.32. The van der Waals surface area contributed by atoms with Crippen LogP contribution in [0.2, 0.25) is 0 Å². The molecule has 12 aromatic rings. The van der Waals surface area contributed by atoms with Crippen LogP contribution in [0.25, 0.3) is 90.3 Å². The van der Waals surface area contributed by atoms with Gasteiger partial charge < -0.3 is 14.3 Å². The molecule has 0 saturated carbocycles. The molecule has 2 aliphatic rings. The van der Waals surface area contributed by atoms with Crippen LogP contribution in [0.4, 0.5) is 0 Å². The van der Waals surface area contributed by atoms with E-state index in [-0.39, 0.29) is 18.4 Å². The zero-order valence-electron chi connectivity index (χ0n) is 34.5. The van der Waals surface area contributed by atoms with Crippen molar-refractivity contribution in [3.63, 3.8) is 0 Å². The van der Waals surface area contributed by atoms with E-state index in [1.54, 1.807) is 0 Å². The fraction of sp³-hybridized carbons (Fsp3) is 0.0702. The van der Waals surface area contributed by atoms with Crippen molar-refractivity contribution < 1.29 is 4.42 Å². The van der Waals surface area contributed by atoms with Crippen LogP contribution in [0.1, 0.15) is 46.4 Å². The predicted octanol–water partition coefficient (Wildman–Crippen LogP) is 15.1. The van der Waals surface area contributed by atoms with E-state index >= 15 is 0 Å². The van der Waals surface area contributed by atoms with Gasteiger partial charge >= 0.3 is 0 Å². The molecule has 304 valence electrons. The van der Waals surface area contributed by atoms with Crippen LogP contribution in [0.3, 0.4) is 0 Å². The van der Waals surface area contributed by atoms with Crippen LogP contribution in [0, 0.1) is 0 Å². The summed E-state index contributed by atoms with van der Waals surface area (Å²) in [6.07, 6.45) is 4.92. The Bertz CT molecular complexity index is 3870. The summed E-state index contributed by atoms with van der Waals surface area (Å²) in [5.74, 6) is 1.85. The topological polar surface area (TPSA) is 54.5 Å². The van der Waals surface area contributed by atoms with Gasteiger partial charge in [-0.25, -0.2) is 4.99 Å². The zero-order valence-corrected chi connectivity index (χ0v) is 36.1. The SMILES string of the molecule is C1=CC(n2c3ccccc3c3ccccc32)Cc2c1oc1cccc(-c3ccc4c(c3)sc3cccc(C5NC(c6ccccc6)=NC(c6cccc7c6sc6ccccc67)N5)c34)c21. The molecule has 0 amide bonds. The van der Waals surface area contributed by atoms with Gasteiger partial charge in [-0.1, -0.05) is 146 Å². The van der Waals surface area contributed by atoms with Gasteiger partial charge in [0.25, 0.3) is 0 Å². The maximum absolute atomic E-state index is 6.62. The number of rotatable bonds is 5. The van der Waals surface area contributed by atoms with Crippen LogP contribution in [-0.4, -0.2) is 10.4 Å². The van der Waals surface area contributed by atoms with Crippen molar-refractivity contribution in [2.75, 3.05) is 0 Å². The number of allylic oxidation sites excluding steroid dienone is 1. The van der Waals surface area contributed by atoms with Crippen LogP contribution in [-0.2, 0) is 6.42 Å². The molecular weight excluding hydrogens is 821 g/mol. The summed E-state index contributed by atoms with van der Waals surface area (Å²) in [5, 5.41) is 16.7. The Morgan fingerprint density at radius 1 is 0.562 bits per heavy atom. The number of benzene rings is 8. The third-order valence-corrected chi connectivity index (χ3v) is 15.8. The molecule has 0 fully saturated rings. The monoisotopic (exact) mass is 858 g/mol. The summed E-state index contributed by atoms with van der Waals surface area (Å²) >= 11 is 3.71. The highest BCUT2D eigenvalue weighted by molar-refractivity contribution is 7.26. The van der Waals surface area contributed by atoms with Crippen LogP contribution in [0.15, 0.2) is 191 Å². The Kier molecular flexibility index (Phi) is 7.99. The maximum Gasteiger partial charge on any atom is 0.135 e. The lowest BCUT2D eigenvalue weighted by atomic mass is 9.92. The summed E-state index contributed by atoms with van der Waals surface area (Å²) in [5.41, 5.74) is 10.6. The minimum absolute atomic E-state index is 0.154. The fourth-order valence-electron chi connectivity index (χ4n) is 10.6. The van der Waals surface area contributed by atoms with E-state index in [1.165, 1.54) is 95.4 Å². The van der Waals surface area contributed by atoms with E-state index in [0.29, 0.717) is 0 Å². The highest BCUT2D eigenvalue weighted by Crippen LogP contribution is 2.46. The van der Waals surface area contributed by atoms with Crippen molar-refractivity contribution in [3.05, 3.63) is 210 Å². The van der Waals surface area contributed by atoms with Crippen molar-refractivity contribution >= 4 is 108 Å². The van der Waals surface area contributed by atoms with Crippen LogP contribution in [0.5, 0.6) is 0 Å². The van der Waals surface area contributed by atoms with Crippen molar-refractivity contribution in [2.45, 2.75) is 24.8 Å². The van der Waals surface area contributed by atoms with E-state index < -0.39 is 0 Å². The van der Waals surface area contributed by atoms with E-state index in [2.05, 4.69) is 203 Å². The zero-order chi connectivity index (χ0) is 41.9. The first-order valence-corrected chi connectivity index (χ1v) is 23.6. The normalized spacial score (nSPS) is 17.6. The number of aliphatic imine (C=N–C) groups is 1. The first kappa shape index (κ1) is 36.2. The number of nitrogens with zero attached hydrogens (tertiary/aromatic N) is 2. The molecule has 14 rings (SSSR count). The number of nitrogens with one attached hydrogen (secondary N) is 2. The molecule has 64 heavy (non-hydrogen) atoms. The molecule has 8 aromatic carbocycles. The number of aromatic nitrogens is 1.